The topological polar surface area (TPSA) is 94.3 Å². The minimum absolute atomic E-state index is 0.0457. The number of aromatic amines is 1. The zero-order valence-electron chi connectivity index (χ0n) is 21.3. The molecule has 7 heteroatoms. The van der Waals surface area contributed by atoms with Gasteiger partial charge in [-0.1, -0.05) is 70.5 Å². The number of nitrogens with zero attached hydrogens (tertiary/aromatic N) is 1. The zero-order chi connectivity index (χ0) is 25.6. The monoisotopic (exact) mass is 486 g/mol. The number of fused-ring (bicyclic) bond motifs is 7. The van der Waals surface area contributed by atoms with Gasteiger partial charge in [-0.2, -0.15) is 0 Å². The van der Waals surface area contributed by atoms with E-state index in [0.717, 1.165) is 34.1 Å². The summed E-state index contributed by atoms with van der Waals surface area (Å²) in [6.45, 7) is 8.60. The maximum absolute atomic E-state index is 13.9. The molecule has 188 valence electrons. The van der Waals surface area contributed by atoms with Crippen molar-refractivity contribution < 1.29 is 14.4 Å². The first kappa shape index (κ1) is 24.1. The van der Waals surface area contributed by atoms with Crippen molar-refractivity contribution in [2.24, 2.45) is 11.8 Å². The molecule has 7 nitrogen and oxygen atoms in total. The average molecular weight is 487 g/mol. The van der Waals surface area contributed by atoms with E-state index in [9.17, 15) is 14.4 Å². The molecule has 0 saturated heterocycles. The second-order valence-electron chi connectivity index (χ2n) is 10.5. The summed E-state index contributed by atoms with van der Waals surface area (Å²) in [6.07, 6.45) is 1.14. The van der Waals surface area contributed by atoms with Gasteiger partial charge in [0.25, 0.3) is 5.91 Å². The van der Waals surface area contributed by atoms with Crippen molar-refractivity contribution in [3.8, 4) is 0 Å². The Balaban J connectivity index is 1.53. The van der Waals surface area contributed by atoms with Crippen molar-refractivity contribution >= 4 is 28.6 Å². The van der Waals surface area contributed by atoms with E-state index in [1.54, 1.807) is 4.90 Å². The van der Waals surface area contributed by atoms with E-state index in [4.69, 9.17) is 0 Å². The molecule has 0 spiro atoms. The molecule has 2 aliphatic rings. The molecule has 3 aromatic rings. The standard InChI is InChI=1S/C29H34N4O3/c1-5-17(4)24(28(35)30-15-16(2)3)32-27(34)23-14-21-18-10-8-9-13-22(18)31-25(21)26-19-11-6-7-12-20(19)29(36)33(23)26/h6-13,16-17,23-24,26,31H,5,14-15H2,1-4H3,(H,30,35)(H,32,34)/t17-,23-,24-,26-/m0/s1. The third-order valence-corrected chi connectivity index (χ3v) is 7.63. The molecule has 0 bridgehead atoms. The molecule has 2 aliphatic heterocycles. The van der Waals surface area contributed by atoms with Crippen molar-refractivity contribution in [1.29, 1.82) is 0 Å². The second-order valence-corrected chi connectivity index (χ2v) is 10.5. The number of aromatic nitrogens is 1. The largest absolute Gasteiger partial charge is 0.356 e. The van der Waals surface area contributed by atoms with E-state index < -0.39 is 12.1 Å². The van der Waals surface area contributed by atoms with E-state index in [1.807, 2.05) is 70.2 Å². The lowest BCUT2D eigenvalue weighted by atomic mass is 9.89. The van der Waals surface area contributed by atoms with Crippen molar-refractivity contribution in [1.82, 2.24) is 20.5 Å². The molecule has 36 heavy (non-hydrogen) atoms. The summed E-state index contributed by atoms with van der Waals surface area (Å²) in [7, 11) is 0. The minimum atomic E-state index is -0.717. The van der Waals surface area contributed by atoms with Gasteiger partial charge in [-0.15, -0.1) is 0 Å². The molecule has 5 rings (SSSR count). The van der Waals surface area contributed by atoms with Gasteiger partial charge in [0.05, 0.1) is 6.04 Å². The van der Waals surface area contributed by atoms with Gasteiger partial charge in [0, 0.05) is 35.1 Å². The predicted molar refractivity (Wildman–Crippen MR) is 139 cm³/mol. The van der Waals surface area contributed by atoms with Crippen LogP contribution in [0.25, 0.3) is 10.9 Å². The van der Waals surface area contributed by atoms with Gasteiger partial charge in [0.2, 0.25) is 11.8 Å². The number of H-pyrrole nitrogens is 1. The Kier molecular flexibility index (Phi) is 6.33. The quantitative estimate of drug-likeness (QED) is 0.472. The highest BCUT2D eigenvalue weighted by Gasteiger charge is 2.49. The number of carbonyl (C=O) groups excluding carboxylic acids is 3. The molecule has 0 aliphatic carbocycles. The van der Waals surface area contributed by atoms with E-state index in [1.165, 1.54) is 0 Å². The number of nitrogens with one attached hydrogen (secondary N) is 3. The Morgan fingerprint density at radius 2 is 1.81 bits per heavy atom. The van der Waals surface area contributed by atoms with Crippen LogP contribution in [0.2, 0.25) is 0 Å². The van der Waals surface area contributed by atoms with Crippen LogP contribution in [0, 0.1) is 11.8 Å². The van der Waals surface area contributed by atoms with Gasteiger partial charge in [0.1, 0.15) is 12.1 Å². The smallest absolute Gasteiger partial charge is 0.255 e. The normalized spacial score (nSPS) is 20.0. The number of carbonyl (C=O) groups is 3. The fraction of sp³-hybridized carbons (Fsp3) is 0.414. The van der Waals surface area contributed by atoms with Crippen LogP contribution in [0.3, 0.4) is 0 Å². The lowest BCUT2D eigenvalue weighted by Gasteiger charge is -2.38. The van der Waals surface area contributed by atoms with Crippen LogP contribution < -0.4 is 10.6 Å². The van der Waals surface area contributed by atoms with Gasteiger partial charge < -0.3 is 20.5 Å². The maximum atomic E-state index is 13.9. The summed E-state index contributed by atoms with van der Waals surface area (Å²) in [4.78, 5) is 45.8. The van der Waals surface area contributed by atoms with E-state index in [-0.39, 0.29) is 29.7 Å². The highest BCUT2D eigenvalue weighted by atomic mass is 16.2. The molecule has 0 fully saturated rings. The summed E-state index contributed by atoms with van der Waals surface area (Å²) in [6, 6.07) is 13.9. The molecule has 4 atom stereocenters. The van der Waals surface area contributed by atoms with Gasteiger partial charge in [-0.25, -0.2) is 0 Å². The molecule has 3 N–H and O–H groups in total. The van der Waals surface area contributed by atoms with Crippen molar-refractivity contribution in [3.05, 3.63) is 70.9 Å². The molecule has 2 aromatic carbocycles. The molecular weight excluding hydrogens is 452 g/mol. The van der Waals surface area contributed by atoms with Crippen LogP contribution in [0.15, 0.2) is 48.5 Å². The Bertz CT molecular complexity index is 1330. The van der Waals surface area contributed by atoms with Crippen LogP contribution in [0.1, 0.15) is 67.3 Å². The fourth-order valence-corrected chi connectivity index (χ4v) is 5.50. The number of hydrogen-bond donors (Lipinski definition) is 3. The minimum Gasteiger partial charge on any atom is -0.356 e. The summed E-state index contributed by atoms with van der Waals surface area (Å²) in [5.41, 5.74) is 4.54. The third kappa shape index (κ3) is 3.96. The molecule has 3 heterocycles. The molecule has 0 saturated carbocycles. The second kappa shape index (κ2) is 9.45. The number of benzene rings is 2. The van der Waals surface area contributed by atoms with Crippen molar-refractivity contribution in [3.63, 3.8) is 0 Å². The van der Waals surface area contributed by atoms with Gasteiger partial charge in [-0.3, -0.25) is 14.4 Å². The molecule has 0 unspecified atom stereocenters. The Morgan fingerprint density at radius 3 is 2.56 bits per heavy atom. The first-order chi connectivity index (χ1) is 17.3. The van der Waals surface area contributed by atoms with E-state index in [0.29, 0.717) is 24.4 Å². The summed E-state index contributed by atoms with van der Waals surface area (Å²) in [5.74, 6) is -0.355. The van der Waals surface area contributed by atoms with Crippen LogP contribution in [0.5, 0.6) is 0 Å². The SMILES string of the molecule is CC[C@H](C)[C@H](NC(=O)[C@@H]1Cc2c([nH]c3ccccc23)[C@@H]2c3ccccc3C(=O)N21)C(=O)NCC(C)C. The third-order valence-electron chi connectivity index (χ3n) is 7.63. The van der Waals surface area contributed by atoms with Crippen molar-refractivity contribution in [2.75, 3.05) is 6.54 Å². The number of para-hydroxylation sites is 1. The molecule has 3 amide bonds. The van der Waals surface area contributed by atoms with Crippen LogP contribution in [-0.2, 0) is 16.0 Å². The summed E-state index contributed by atoms with van der Waals surface area (Å²) < 4.78 is 0. The average Bonchev–Trinajstić information content (AvgIpc) is 3.40. The highest BCUT2D eigenvalue weighted by molar-refractivity contribution is 6.04. The van der Waals surface area contributed by atoms with E-state index >= 15 is 0 Å². The highest BCUT2D eigenvalue weighted by Crippen LogP contribution is 2.46. The lowest BCUT2D eigenvalue weighted by molar-refractivity contribution is -0.133. The summed E-state index contributed by atoms with van der Waals surface area (Å²) in [5, 5.41) is 7.07. The first-order valence-corrected chi connectivity index (χ1v) is 12.9. The van der Waals surface area contributed by atoms with Crippen LogP contribution >= 0.6 is 0 Å². The Morgan fingerprint density at radius 1 is 1.08 bits per heavy atom. The molecular formula is C29H34N4O3. The predicted octanol–water partition coefficient (Wildman–Crippen LogP) is 3.94. The number of hydrogen-bond acceptors (Lipinski definition) is 3. The Hall–Kier alpha value is -3.61. The molecule has 0 radical (unpaired) electrons. The van der Waals surface area contributed by atoms with Gasteiger partial charge >= 0.3 is 0 Å². The first-order valence-electron chi connectivity index (χ1n) is 12.9. The van der Waals surface area contributed by atoms with Gasteiger partial charge in [-0.05, 0) is 35.1 Å². The Labute approximate surface area is 211 Å². The van der Waals surface area contributed by atoms with E-state index in [2.05, 4.69) is 21.7 Å². The number of amides is 3. The number of rotatable bonds is 7. The van der Waals surface area contributed by atoms with Crippen LogP contribution in [-0.4, -0.2) is 46.2 Å². The maximum Gasteiger partial charge on any atom is 0.255 e. The lowest BCUT2D eigenvalue weighted by Crippen LogP contribution is -2.58. The summed E-state index contributed by atoms with van der Waals surface area (Å²) >= 11 is 0. The van der Waals surface area contributed by atoms with Crippen molar-refractivity contribution in [2.45, 2.75) is 58.7 Å². The fourth-order valence-electron chi connectivity index (χ4n) is 5.50. The van der Waals surface area contributed by atoms with Crippen LogP contribution in [0.4, 0.5) is 0 Å². The van der Waals surface area contributed by atoms with Gasteiger partial charge in [0.15, 0.2) is 0 Å². The molecule has 1 aromatic heterocycles. The zero-order valence-corrected chi connectivity index (χ0v) is 21.3.